The van der Waals surface area contributed by atoms with Gasteiger partial charge >= 0.3 is 5.97 Å². The highest BCUT2D eigenvalue weighted by Crippen LogP contribution is 2.23. The van der Waals surface area contributed by atoms with Crippen molar-refractivity contribution in [1.29, 1.82) is 0 Å². The van der Waals surface area contributed by atoms with Crippen LogP contribution in [0.2, 0.25) is 0 Å². The molecule has 1 unspecified atom stereocenters. The summed E-state index contributed by atoms with van der Waals surface area (Å²) < 4.78 is 18.7. The molecule has 0 amide bonds. The van der Waals surface area contributed by atoms with Crippen molar-refractivity contribution in [2.24, 2.45) is 0 Å². The van der Waals surface area contributed by atoms with Gasteiger partial charge in [-0.05, 0) is 26.0 Å². The summed E-state index contributed by atoms with van der Waals surface area (Å²) in [6.07, 6.45) is 0. The number of ether oxygens (including phenoxy) is 1. The number of nitrogens with two attached hydrogens (primary N) is 1. The lowest BCUT2D eigenvalue weighted by atomic mass is 10.1. The Bertz CT molecular complexity index is 438. The molecule has 0 aliphatic carbocycles. The van der Waals surface area contributed by atoms with Crippen LogP contribution in [0.25, 0.3) is 0 Å². The molecular weight excluding hydrogens is 239 g/mol. The molecule has 18 heavy (non-hydrogen) atoms. The van der Waals surface area contributed by atoms with E-state index in [1.165, 1.54) is 0 Å². The van der Waals surface area contributed by atoms with E-state index in [1.54, 1.807) is 0 Å². The molecule has 0 heterocycles. The molecule has 0 aliphatic heterocycles. The molecule has 4 N–H and O–H groups in total. The number of hydrogen-bond donors (Lipinski definition) is 3. The smallest absolute Gasteiger partial charge is 0.338 e. The number of carboxylic acids is 1. The summed E-state index contributed by atoms with van der Waals surface area (Å²) in [6.45, 7) is 4.78. The van der Waals surface area contributed by atoms with E-state index in [9.17, 15) is 9.18 Å². The zero-order valence-electron chi connectivity index (χ0n) is 10.4. The second kappa shape index (κ2) is 6.20. The standard InChI is InChI=1S/C12H17FN2O3/c1-3-18-6-7(2)15-11-5-9(13)8(12(16)17)4-10(11)14/h4-5,7,15H,3,6,14H2,1-2H3,(H,16,17). The van der Waals surface area contributed by atoms with Gasteiger partial charge in [-0.1, -0.05) is 0 Å². The minimum absolute atomic E-state index is 0.0534. The summed E-state index contributed by atoms with van der Waals surface area (Å²) in [5.41, 5.74) is 5.79. The number of aromatic carboxylic acids is 1. The van der Waals surface area contributed by atoms with Crippen molar-refractivity contribution in [3.63, 3.8) is 0 Å². The van der Waals surface area contributed by atoms with Gasteiger partial charge in [0.15, 0.2) is 0 Å². The normalized spacial score (nSPS) is 12.2. The van der Waals surface area contributed by atoms with Crippen LogP contribution in [0.3, 0.4) is 0 Å². The molecule has 0 aliphatic rings. The topological polar surface area (TPSA) is 84.6 Å². The Morgan fingerprint density at radius 2 is 2.28 bits per heavy atom. The zero-order chi connectivity index (χ0) is 13.7. The predicted octanol–water partition coefficient (Wildman–Crippen LogP) is 1.94. The summed E-state index contributed by atoms with van der Waals surface area (Å²) in [5, 5.41) is 11.7. The average molecular weight is 256 g/mol. The summed E-state index contributed by atoms with van der Waals surface area (Å²) in [5.74, 6) is -2.16. The van der Waals surface area contributed by atoms with Crippen LogP contribution in [0.15, 0.2) is 12.1 Å². The fourth-order valence-electron chi connectivity index (χ4n) is 1.48. The van der Waals surface area contributed by atoms with Gasteiger partial charge in [-0.2, -0.15) is 0 Å². The van der Waals surface area contributed by atoms with Crippen molar-refractivity contribution in [2.45, 2.75) is 19.9 Å². The molecule has 6 heteroatoms. The quantitative estimate of drug-likeness (QED) is 0.677. The molecule has 0 bridgehead atoms. The molecular formula is C12H17FN2O3. The van der Waals surface area contributed by atoms with Crippen LogP contribution in [-0.2, 0) is 4.74 Å². The minimum atomic E-state index is -1.34. The maximum atomic E-state index is 13.5. The van der Waals surface area contributed by atoms with E-state index in [0.29, 0.717) is 18.9 Å². The fraction of sp³-hybridized carbons (Fsp3) is 0.417. The Hall–Kier alpha value is -1.82. The van der Waals surface area contributed by atoms with Crippen LogP contribution in [0.5, 0.6) is 0 Å². The van der Waals surface area contributed by atoms with E-state index in [1.807, 2.05) is 13.8 Å². The van der Waals surface area contributed by atoms with Gasteiger partial charge in [0, 0.05) is 12.6 Å². The summed E-state index contributed by atoms with van der Waals surface area (Å²) in [7, 11) is 0. The number of carboxylic acid groups (broad SMARTS) is 1. The van der Waals surface area contributed by atoms with Crippen molar-refractivity contribution in [2.75, 3.05) is 24.3 Å². The van der Waals surface area contributed by atoms with Crippen LogP contribution in [0.1, 0.15) is 24.2 Å². The van der Waals surface area contributed by atoms with E-state index in [2.05, 4.69) is 5.32 Å². The van der Waals surface area contributed by atoms with Crippen LogP contribution >= 0.6 is 0 Å². The molecule has 0 fully saturated rings. The number of anilines is 2. The van der Waals surface area contributed by atoms with Crippen LogP contribution in [0.4, 0.5) is 15.8 Å². The maximum absolute atomic E-state index is 13.5. The van der Waals surface area contributed by atoms with Crippen molar-refractivity contribution < 1.29 is 19.0 Å². The maximum Gasteiger partial charge on any atom is 0.338 e. The zero-order valence-corrected chi connectivity index (χ0v) is 10.4. The molecule has 1 aromatic carbocycles. The number of nitrogen functional groups attached to an aromatic ring is 1. The third kappa shape index (κ3) is 3.59. The van der Waals surface area contributed by atoms with E-state index >= 15 is 0 Å². The number of nitrogens with one attached hydrogen (secondary N) is 1. The highest BCUT2D eigenvalue weighted by molar-refractivity contribution is 5.90. The van der Waals surface area contributed by atoms with Crippen molar-refractivity contribution in [3.8, 4) is 0 Å². The van der Waals surface area contributed by atoms with Gasteiger partial charge in [0.1, 0.15) is 5.82 Å². The van der Waals surface area contributed by atoms with E-state index in [-0.39, 0.29) is 11.7 Å². The highest BCUT2D eigenvalue weighted by atomic mass is 19.1. The predicted molar refractivity (Wildman–Crippen MR) is 67.3 cm³/mol. The Morgan fingerprint density at radius 3 is 2.83 bits per heavy atom. The van der Waals surface area contributed by atoms with Gasteiger partial charge in [0.2, 0.25) is 0 Å². The van der Waals surface area contributed by atoms with Crippen molar-refractivity contribution >= 4 is 17.3 Å². The highest BCUT2D eigenvalue weighted by Gasteiger charge is 2.14. The average Bonchev–Trinajstić information content (AvgIpc) is 2.30. The first kappa shape index (κ1) is 14.2. The monoisotopic (exact) mass is 256 g/mol. The van der Waals surface area contributed by atoms with Crippen molar-refractivity contribution in [1.82, 2.24) is 0 Å². The number of halogens is 1. The van der Waals surface area contributed by atoms with E-state index < -0.39 is 17.3 Å². The SMILES string of the molecule is CCOCC(C)Nc1cc(F)c(C(=O)O)cc1N. The Balaban J connectivity index is 2.84. The third-order valence-electron chi connectivity index (χ3n) is 2.34. The summed E-state index contributed by atoms with van der Waals surface area (Å²) in [4.78, 5) is 10.7. The molecule has 0 aromatic heterocycles. The Kier molecular flexibility index (Phi) is 4.91. The molecule has 1 atom stereocenters. The van der Waals surface area contributed by atoms with Crippen LogP contribution in [-0.4, -0.2) is 30.3 Å². The fourth-order valence-corrected chi connectivity index (χ4v) is 1.48. The van der Waals surface area contributed by atoms with Gasteiger partial charge in [0.25, 0.3) is 0 Å². The van der Waals surface area contributed by atoms with Gasteiger partial charge in [-0.25, -0.2) is 9.18 Å². The van der Waals surface area contributed by atoms with Crippen LogP contribution in [0, 0.1) is 5.82 Å². The molecule has 100 valence electrons. The molecule has 0 saturated heterocycles. The third-order valence-corrected chi connectivity index (χ3v) is 2.34. The molecule has 5 nitrogen and oxygen atoms in total. The van der Waals surface area contributed by atoms with Gasteiger partial charge in [-0.3, -0.25) is 0 Å². The molecule has 0 spiro atoms. The van der Waals surface area contributed by atoms with Crippen LogP contribution < -0.4 is 11.1 Å². The summed E-state index contributed by atoms with van der Waals surface area (Å²) >= 11 is 0. The first-order valence-corrected chi connectivity index (χ1v) is 5.62. The van der Waals surface area contributed by atoms with Gasteiger partial charge in [-0.15, -0.1) is 0 Å². The molecule has 1 rings (SSSR count). The number of carbonyl (C=O) groups is 1. The molecule has 1 aromatic rings. The second-order valence-corrected chi connectivity index (χ2v) is 3.93. The second-order valence-electron chi connectivity index (χ2n) is 3.93. The first-order valence-electron chi connectivity index (χ1n) is 5.62. The Morgan fingerprint density at radius 1 is 1.61 bits per heavy atom. The number of hydrogen-bond acceptors (Lipinski definition) is 4. The molecule has 0 radical (unpaired) electrons. The van der Waals surface area contributed by atoms with Gasteiger partial charge < -0.3 is 20.9 Å². The van der Waals surface area contributed by atoms with Crippen molar-refractivity contribution in [3.05, 3.63) is 23.5 Å². The Labute approximate surface area is 105 Å². The van der Waals surface area contributed by atoms with Gasteiger partial charge in [0.05, 0.1) is 23.5 Å². The summed E-state index contributed by atoms with van der Waals surface area (Å²) in [6, 6.07) is 2.14. The lowest BCUT2D eigenvalue weighted by molar-refractivity contribution is 0.0692. The first-order chi connectivity index (χ1) is 8.45. The van der Waals surface area contributed by atoms with E-state index in [4.69, 9.17) is 15.6 Å². The lowest BCUT2D eigenvalue weighted by Gasteiger charge is -2.17. The minimum Gasteiger partial charge on any atom is -0.478 e. The largest absolute Gasteiger partial charge is 0.478 e. The molecule has 0 saturated carbocycles. The number of rotatable bonds is 6. The lowest BCUT2D eigenvalue weighted by Crippen LogP contribution is -2.22. The number of benzene rings is 1. The van der Waals surface area contributed by atoms with E-state index in [0.717, 1.165) is 12.1 Å².